The van der Waals surface area contributed by atoms with Gasteiger partial charge >= 0.3 is 11.9 Å². The number of ether oxygens (including phenoxy) is 2. The van der Waals surface area contributed by atoms with Gasteiger partial charge < -0.3 is 19.6 Å². The first kappa shape index (κ1) is 28.1. The summed E-state index contributed by atoms with van der Waals surface area (Å²) < 4.78 is 10.3. The molecule has 204 valence electrons. The van der Waals surface area contributed by atoms with Crippen LogP contribution in [0.2, 0.25) is 0 Å². The molecule has 2 heterocycles. The molecule has 2 atom stereocenters. The molecule has 14 heteroatoms. The van der Waals surface area contributed by atoms with Gasteiger partial charge in [-0.3, -0.25) is 29.4 Å². The fraction of sp³-hybridized carbons (Fsp3) is 0.458. The van der Waals surface area contributed by atoms with Gasteiger partial charge in [-0.1, -0.05) is 6.07 Å². The van der Waals surface area contributed by atoms with Gasteiger partial charge in [0.25, 0.3) is 5.78 Å². The molecule has 2 aliphatic heterocycles. The number of nitrogens with zero attached hydrogens (tertiary/aromatic N) is 3. The molecule has 0 radical (unpaired) electrons. The molecular formula is C24H29N5O9. The Morgan fingerprint density at radius 3 is 2.34 bits per heavy atom. The fourth-order valence-electron chi connectivity index (χ4n) is 4.30. The van der Waals surface area contributed by atoms with E-state index in [0.717, 1.165) is 15.0 Å². The zero-order valence-electron chi connectivity index (χ0n) is 21.2. The number of hydrogen-bond acceptors (Lipinski definition) is 9. The fourth-order valence-corrected chi connectivity index (χ4v) is 4.30. The van der Waals surface area contributed by atoms with Crippen molar-refractivity contribution in [1.82, 2.24) is 25.8 Å². The van der Waals surface area contributed by atoms with Crippen molar-refractivity contribution < 1.29 is 43.0 Å². The van der Waals surface area contributed by atoms with E-state index in [4.69, 9.17) is 9.47 Å². The Hall–Kier alpha value is -4.49. The van der Waals surface area contributed by atoms with Crippen LogP contribution in [0.5, 0.6) is 11.5 Å². The molecule has 0 bridgehead atoms. The van der Waals surface area contributed by atoms with E-state index in [-0.39, 0.29) is 55.2 Å². The minimum Gasteiger partial charge on any atom is -0.496 e. The molecule has 2 N–H and O–H groups in total. The van der Waals surface area contributed by atoms with E-state index in [1.165, 1.54) is 33.3 Å². The van der Waals surface area contributed by atoms with Crippen molar-refractivity contribution in [3.8, 4) is 11.5 Å². The SMILES string of the molecule is COc1cccc(OC)c1C(=O)C(=O)NN1CCC(=O)N2CCCC(C(=O)NC(C=O)CC(C)=O)N2C1=O. The summed E-state index contributed by atoms with van der Waals surface area (Å²) in [6.07, 6.45) is 0.551. The summed E-state index contributed by atoms with van der Waals surface area (Å²) in [5.74, 6) is -3.61. The van der Waals surface area contributed by atoms with Crippen LogP contribution in [0.3, 0.4) is 0 Å². The monoisotopic (exact) mass is 531 g/mol. The Morgan fingerprint density at radius 1 is 1.11 bits per heavy atom. The van der Waals surface area contributed by atoms with Gasteiger partial charge in [0.05, 0.1) is 26.8 Å². The first-order valence-electron chi connectivity index (χ1n) is 11.8. The quantitative estimate of drug-likeness (QED) is 0.232. The molecule has 1 aromatic rings. The molecule has 5 amide bonds. The van der Waals surface area contributed by atoms with E-state index >= 15 is 0 Å². The van der Waals surface area contributed by atoms with Gasteiger partial charge in [-0.15, -0.1) is 0 Å². The summed E-state index contributed by atoms with van der Waals surface area (Å²) in [4.78, 5) is 88.0. The lowest BCUT2D eigenvalue weighted by Crippen LogP contribution is -2.65. The van der Waals surface area contributed by atoms with E-state index < -0.39 is 41.6 Å². The average molecular weight is 532 g/mol. The number of hydrogen-bond donors (Lipinski definition) is 2. The minimum absolute atomic E-state index is 0.0797. The van der Waals surface area contributed by atoms with Crippen LogP contribution in [0.4, 0.5) is 4.79 Å². The smallest absolute Gasteiger partial charge is 0.358 e. The Labute approximate surface area is 218 Å². The molecule has 3 rings (SSSR count). The lowest BCUT2D eigenvalue weighted by Gasteiger charge is -2.42. The summed E-state index contributed by atoms with van der Waals surface area (Å²) in [6.45, 7) is 1.16. The van der Waals surface area contributed by atoms with Crippen molar-refractivity contribution >= 4 is 41.6 Å². The van der Waals surface area contributed by atoms with Crippen LogP contribution in [0.25, 0.3) is 0 Å². The van der Waals surface area contributed by atoms with Crippen LogP contribution in [0.15, 0.2) is 18.2 Å². The van der Waals surface area contributed by atoms with E-state index in [9.17, 15) is 33.6 Å². The standard InChI is InChI=1S/C24H29N5O9/c1-14(31)12-15(13-30)25-22(34)16-6-5-10-28-19(32)9-11-27(24(36)29(16)28)26-23(35)21(33)20-17(37-2)7-4-8-18(20)38-3/h4,7-8,13,15-16H,5-6,9-12H2,1-3H3,(H,25,34)(H,26,35). The molecule has 2 fully saturated rings. The maximum absolute atomic E-state index is 13.5. The van der Waals surface area contributed by atoms with Crippen molar-refractivity contribution in [1.29, 1.82) is 0 Å². The number of Topliss-reactive ketones (excluding diaryl/α,β-unsaturated/α-hetero) is 2. The van der Waals surface area contributed by atoms with Gasteiger partial charge in [0, 0.05) is 19.4 Å². The normalized spacial score (nSPS) is 18.1. The number of rotatable bonds is 10. The summed E-state index contributed by atoms with van der Waals surface area (Å²) in [5.41, 5.74) is 2.07. The van der Waals surface area contributed by atoms with Crippen LogP contribution in [0.1, 0.15) is 43.0 Å². The van der Waals surface area contributed by atoms with Crippen molar-refractivity contribution in [2.24, 2.45) is 0 Å². The summed E-state index contributed by atoms with van der Waals surface area (Å²) in [5, 5.41) is 5.25. The third-order valence-corrected chi connectivity index (χ3v) is 6.07. The number of amides is 5. The number of hydrazine groups is 2. The molecule has 2 saturated heterocycles. The van der Waals surface area contributed by atoms with Crippen molar-refractivity contribution in [2.45, 2.75) is 44.7 Å². The second-order valence-corrected chi connectivity index (χ2v) is 8.67. The Kier molecular flexibility index (Phi) is 8.99. The predicted molar refractivity (Wildman–Crippen MR) is 129 cm³/mol. The number of ketones is 2. The average Bonchev–Trinajstić information content (AvgIpc) is 3.03. The number of carbonyl (C=O) groups is 7. The highest BCUT2D eigenvalue weighted by molar-refractivity contribution is 6.44. The number of methoxy groups -OCH3 is 2. The zero-order valence-corrected chi connectivity index (χ0v) is 21.2. The second kappa shape index (κ2) is 12.2. The highest BCUT2D eigenvalue weighted by atomic mass is 16.5. The van der Waals surface area contributed by atoms with E-state index in [1.807, 2.05) is 0 Å². The van der Waals surface area contributed by atoms with Crippen LogP contribution in [-0.4, -0.2) is 96.0 Å². The summed E-state index contributed by atoms with van der Waals surface area (Å²) in [7, 11) is 2.63. The predicted octanol–water partition coefficient (Wildman–Crippen LogP) is -0.386. The van der Waals surface area contributed by atoms with Crippen LogP contribution < -0.4 is 20.2 Å². The van der Waals surface area contributed by atoms with Crippen LogP contribution in [-0.2, 0) is 24.0 Å². The molecule has 0 aliphatic carbocycles. The highest BCUT2D eigenvalue weighted by Crippen LogP contribution is 2.29. The van der Waals surface area contributed by atoms with Gasteiger partial charge in [-0.05, 0) is 31.9 Å². The summed E-state index contributed by atoms with van der Waals surface area (Å²) >= 11 is 0. The van der Waals surface area contributed by atoms with Crippen molar-refractivity contribution in [3.63, 3.8) is 0 Å². The van der Waals surface area contributed by atoms with E-state index in [2.05, 4.69) is 10.7 Å². The molecule has 0 saturated carbocycles. The molecule has 2 aliphatic rings. The number of urea groups is 1. The van der Waals surface area contributed by atoms with Gasteiger partial charge in [-0.2, -0.15) is 0 Å². The van der Waals surface area contributed by atoms with Crippen molar-refractivity contribution in [2.75, 3.05) is 27.3 Å². The molecular weight excluding hydrogens is 502 g/mol. The highest BCUT2D eigenvalue weighted by Gasteiger charge is 2.44. The molecule has 0 aromatic heterocycles. The second-order valence-electron chi connectivity index (χ2n) is 8.67. The molecule has 0 spiro atoms. The number of fused-ring (bicyclic) bond motifs is 1. The minimum atomic E-state index is -1.20. The van der Waals surface area contributed by atoms with Crippen LogP contribution >= 0.6 is 0 Å². The lowest BCUT2D eigenvalue weighted by molar-refractivity contribution is -0.155. The first-order chi connectivity index (χ1) is 18.1. The molecule has 1 aromatic carbocycles. The zero-order chi connectivity index (χ0) is 28.0. The maximum Gasteiger partial charge on any atom is 0.358 e. The first-order valence-corrected chi connectivity index (χ1v) is 11.8. The molecule has 38 heavy (non-hydrogen) atoms. The van der Waals surface area contributed by atoms with E-state index in [0.29, 0.717) is 12.7 Å². The summed E-state index contributed by atoms with van der Waals surface area (Å²) in [6, 6.07) is 1.28. The number of aldehydes is 1. The topological polar surface area (TPSA) is 172 Å². The largest absolute Gasteiger partial charge is 0.496 e. The van der Waals surface area contributed by atoms with Gasteiger partial charge in [0.1, 0.15) is 35.2 Å². The van der Waals surface area contributed by atoms with Gasteiger partial charge in [0.15, 0.2) is 0 Å². The Bertz CT molecular complexity index is 1130. The van der Waals surface area contributed by atoms with Crippen LogP contribution in [0, 0.1) is 0 Å². The number of nitrogens with one attached hydrogen (secondary N) is 2. The lowest BCUT2D eigenvalue weighted by atomic mass is 10.1. The van der Waals surface area contributed by atoms with Gasteiger partial charge in [0.2, 0.25) is 11.8 Å². The third-order valence-electron chi connectivity index (χ3n) is 6.07. The Morgan fingerprint density at radius 2 is 1.76 bits per heavy atom. The Balaban J connectivity index is 1.84. The number of carbonyl (C=O) groups excluding carboxylic acids is 7. The van der Waals surface area contributed by atoms with E-state index in [1.54, 1.807) is 6.07 Å². The van der Waals surface area contributed by atoms with Crippen molar-refractivity contribution in [3.05, 3.63) is 23.8 Å². The number of benzene rings is 1. The maximum atomic E-state index is 13.5. The molecule has 14 nitrogen and oxygen atoms in total. The third kappa shape index (κ3) is 5.90. The van der Waals surface area contributed by atoms with Gasteiger partial charge in [-0.25, -0.2) is 19.8 Å². The molecule has 2 unspecified atom stereocenters.